The largest absolute Gasteiger partial charge is 0.370 e. The van der Waals surface area contributed by atoms with Crippen LogP contribution in [0.3, 0.4) is 0 Å². The zero-order valence-electron chi connectivity index (χ0n) is 11.9. The van der Waals surface area contributed by atoms with Crippen LogP contribution >= 0.6 is 0 Å². The van der Waals surface area contributed by atoms with Crippen molar-refractivity contribution >= 4 is 5.78 Å². The van der Waals surface area contributed by atoms with Crippen LogP contribution in [0.4, 0.5) is 0 Å². The summed E-state index contributed by atoms with van der Waals surface area (Å²) in [5.74, 6) is 0.0898. The minimum Gasteiger partial charge on any atom is -0.370 e. The molecule has 1 aromatic rings. The number of carbonyl (C=O) groups excluding carboxylic acids is 1. The summed E-state index contributed by atoms with van der Waals surface area (Å²) in [5, 5.41) is 0. The lowest BCUT2D eigenvalue weighted by Gasteiger charge is -2.21. The molecule has 0 aromatic heterocycles. The third-order valence-corrected chi connectivity index (χ3v) is 2.89. The Morgan fingerprint density at radius 3 is 2.33 bits per heavy atom. The van der Waals surface area contributed by atoms with Crippen molar-refractivity contribution in [3.8, 4) is 0 Å². The zero-order chi connectivity index (χ0) is 13.6. The van der Waals surface area contributed by atoms with Crippen LogP contribution in [0.2, 0.25) is 0 Å². The Kier molecular flexibility index (Phi) is 5.54. The van der Waals surface area contributed by atoms with Crippen molar-refractivity contribution in [1.82, 2.24) is 0 Å². The highest BCUT2D eigenvalue weighted by atomic mass is 16.5. The van der Waals surface area contributed by atoms with Gasteiger partial charge in [0.2, 0.25) is 0 Å². The van der Waals surface area contributed by atoms with Crippen molar-refractivity contribution in [3.05, 3.63) is 35.9 Å². The summed E-state index contributed by atoms with van der Waals surface area (Å²) in [6.07, 6.45) is 1.37. The maximum atomic E-state index is 12.2. The molecule has 2 heteroatoms. The maximum Gasteiger partial charge on any atom is 0.191 e. The van der Waals surface area contributed by atoms with Crippen LogP contribution in [0, 0.1) is 5.41 Å². The van der Waals surface area contributed by atoms with Crippen LogP contribution < -0.4 is 0 Å². The first-order chi connectivity index (χ1) is 8.44. The van der Waals surface area contributed by atoms with Crippen LogP contribution in [0.25, 0.3) is 0 Å². The van der Waals surface area contributed by atoms with Gasteiger partial charge in [0.25, 0.3) is 0 Å². The molecule has 0 saturated heterocycles. The molecule has 0 radical (unpaired) electrons. The molecule has 0 bridgehead atoms. The van der Waals surface area contributed by atoms with E-state index in [0.29, 0.717) is 6.61 Å². The van der Waals surface area contributed by atoms with Gasteiger partial charge in [-0.1, -0.05) is 58.0 Å². The zero-order valence-corrected chi connectivity index (χ0v) is 11.9. The minimum atomic E-state index is -0.310. The number of Topliss-reactive ketones (excluding diaryl/α,β-unsaturated/α-hetero) is 1. The maximum absolute atomic E-state index is 12.2. The van der Waals surface area contributed by atoms with Crippen molar-refractivity contribution in [1.29, 1.82) is 0 Å². The lowest BCUT2D eigenvalue weighted by Crippen LogP contribution is -2.25. The molecule has 0 heterocycles. The van der Waals surface area contributed by atoms with Gasteiger partial charge in [-0.2, -0.15) is 0 Å². The van der Waals surface area contributed by atoms with E-state index in [1.165, 1.54) is 0 Å². The van der Waals surface area contributed by atoms with Gasteiger partial charge >= 0.3 is 0 Å². The Labute approximate surface area is 110 Å². The summed E-state index contributed by atoms with van der Waals surface area (Å²) in [6.45, 7) is 9.16. The van der Waals surface area contributed by atoms with Gasteiger partial charge in [0, 0.05) is 12.2 Å². The summed E-state index contributed by atoms with van der Waals surface area (Å²) in [6, 6.07) is 9.37. The standard InChI is InChI=1S/C16H24O2/c1-5-14(18-12-11-16(2,3)4)15(17)13-9-7-6-8-10-13/h6-10,14H,5,11-12H2,1-4H3. The third kappa shape index (κ3) is 5.01. The van der Waals surface area contributed by atoms with Crippen molar-refractivity contribution in [2.24, 2.45) is 5.41 Å². The van der Waals surface area contributed by atoms with Gasteiger partial charge in [-0.05, 0) is 18.3 Å². The fourth-order valence-electron chi connectivity index (χ4n) is 1.67. The first-order valence-electron chi connectivity index (χ1n) is 6.65. The van der Waals surface area contributed by atoms with Crippen molar-refractivity contribution in [2.75, 3.05) is 6.61 Å². The molecule has 2 nitrogen and oxygen atoms in total. The highest BCUT2D eigenvalue weighted by Crippen LogP contribution is 2.19. The van der Waals surface area contributed by atoms with E-state index in [-0.39, 0.29) is 17.3 Å². The van der Waals surface area contributed by atoms with Crippen molar-refractivity contribution in [2.45, 2.75) is 46.6 Å². The van der Waals surface area contributed by atoms with Gasteiger partial charge in [-0.25, -0.2) is 0 Å². The van der Waals surface area contributed by atoms with Crippen molar-refractivity contribution < 1.29 is 9.53 Å². The van der Waals surface area contributed by atoms with E-state index < -0.39 is 0 Å². The number of hydrogen-bond acceptors (Lipinski definition) is 2. The molecule has 0 fully saturated rings. The Morgan fingerprint density at radius 1 is 1.22 bits per heavy atom. The fraction of sp³-hybridized carbons (Fsp3) is 0.562. The number of carbonyl (C=O) groups is 1. The molecule has 18 heavy (non-hydrogen) atoms. The smallest absolute Gasteiger partial charge is 0.191 e. The Bertz CT molecular complexity index is 362. The second kappa shape index (κ2) is 6.69. The number of ether oxygens (including phenoxy) is 1. The SMILES string of the molecule is CCC(OCCC(C)(C)C)C(=O)c1ccccc1. The van der Waals surface area contributed by atoms with Gasteiger partial charge in [-0.3, -0.25) is 4.79 Å². The lowest BCUT2D eigenvalue weighted by atomic mass is 9.93. The summed E-state index contributed by atoms with van der Waals surface area (Å²) in [5.41, 5.74) is 0.980. The molecular formula is C16H24O2. The van der Waals surface area contributed by atoms with Crippen LogP contribution in [0.5, 0.6) is 0 Å². The Morgan fingerprint density at radius 2 is 1.83 bits per heavy atom. The van der Waals surface area contributed by atoms with Gasteiger partial charge in [-0.15, -0.1) is 0 Å². The third-order valence-electron chi connectivity index (χ3n) is 2.89. The van der Waals surface area contributed by atoms with E-state index in [4.69, 9.17) is 4.74 Å². The average molecular weight is 248 g/mol. The normalized spacial score (nSPS) is 13.3. The summed E-state index contributed by atoms with van der Waals surface area (Å²) in [7, 11) is 0. The predicted molar refractivity (Wildman–Crippen MR) is 74.9 cm³/mol. The van der Waals surface area contributed by atoms with Gasteiger partial charge in [0.15, 0.2) is 5.78 Å². The van der Waals surface area contributed by atoms with Crippen LogP contribution in [0.15, 0.2) is 30.3 Å². The lowest BCUT2D eigenvalue weighted by molar-refractivity contribution is 0.0311. The van der Waals surface area contributed by atoms with Gasteiger partial charge in [0.1, 0.15) is 6.10 Å². The number of rotatable bonds is 6. The van der Waals surface area contributed by atoms with Crippen molar-refractivity contribution in [3.63, 3.8) is 0 Å². The molecule has 0 aliphatic carbocycles. The number of hydrogen-bond donors (Lipinski definition) is 0. The van der Waals surface area contributed by atoms with Gasteiger partial charge < -0.3 is 4.74 Å². The molecule has 0 aliphatic rings. The molecule has 100 valence electrons. The predicted octanol–water partition coefficient (Wildman–Crippen LogP) is 4.10. The van der Waals surface area contributed by atoms with E-state index in [2.05, 4.69) is 20.8 Å². The second-order valence-electron chi connectivity index (χ2n) is 5.81. The van der Waals surface area contributed by atoms with E-state index >= 15 is 0 Å². The summed E-state index contributed by atoms with van der Waals surface area (Å²) >= 11 is 0. The van der Waals surface area contributed by atoms with E-state index in [0.717, 1.165) is 18.4 Å². The molecular weight excluding hydrogens is 224 g/mol. The highest BCUT2D eigenvalue weighted by Gasteiger charge is 2.19. The Balaban J connectivity index is 2.54. The topological polar surface area (TPSA) is 26.3 Å². The van der Waals surface area contributed by atoms with E-state index in [1.807, 2.05) is 37.3 Å². The molecule has 1 atom stereocenters. The van der Waals surface area contributed by atoms with Crippen LogP contribution in [-0.2, 0) is 4.74 Å². The average Bonchev–Trinajstić information content (AvgIpc) is 2.34. The highest BCUT2D eigenvalue weighted by molar-refractivity contribution is 5.99. The van der Waals surface area contributed by atoms with E-state index in [9.17, 15) is 4.79 Å². The van der Waals surface area contributed by atoms with Crippen LogP contribution in [-0.4, -0.2) is 18.5 Å². The fourth-order valence-corrected chi connectivity index (χ4v) is 1.67. The quantitative estimate of drug-likeness (QED) is 0.708. The first kappa shape index (κ1) is 14.9. The molecule has 0 saturated carbocycles. The minimum absolute atomic E-state index is 0.0898. The summed E-state index contributed by atoms with van der Waals surface area (Å²) < 4.78 is 5.73. The monoisotopic (exact) mass is 248 g/mol. The number of benzene rings is 1. The molecule has 1 rings (SSSR count). The second-order valence-corrected chi connectivity index (χ2v) is 5.81. The number of ketones is 1. The molecule has 0 amide bonds. The molecule has 1 unspecified atom stereocenters. The molecule has 0 spiro atoms. The van der Waals surface area contributed by atoms with Crippen LogP contribution in [0.1, 0.15) is 50.9 Å². The molecule has 0 N–H and O–H groups in total. The van der Waals surface area contributed by atoms with E-state index in [1.54, 1.807) is 0 Å². The van der Waals surface area contributed by atoms with Gasteiger partial charge in [0.05, 0.1) is 0 Å². The summed E-state index contributed by atoms with van der Waals surface area (Å²) in [4.78, 5) is 12.2. The Hall–Kier alpha value is -1.15. The first-order valence-corrected chi connectivity index (χ1v) is 6.65. The molecule has 1 aromatic carbocycles. The molecule has 0 aliphatic heterocycles.